The molecule has 0 aliphatic carbocycles. The van der Waals surface area contributed by atoms with Crippen LogP contribution < -0.4 is 0 Å². The third-order valence-electron chi connectivity index (χ3n) is 9.04. The van der Waals surface area contributed by atoms with Gasteiger partial charge in [-0.1, -0.05) is 170 Å². The lowest BCUT2D eigenvalue weighted by Crippen LogP contribution is -1.99. The second-order valence-electron chi connectivity index (χ2n) is 12.1. The summed E-state index contributed by atoms with van der Waals surface area (Å²) >= 11 is 0. The van der Waals surface area contributed by atoms with Crippen LogP contribution in [0.5, 0.6) is 0 Å². The first-order valence-corrected chi connectivity index (χ1v) is 16.5. The molecule has 0 bridgehead atoms. The summed E-state index contributed by atoms with van der Waals surface area (Å²) in [6, 6.07) is 63.0. The highest BCUT2D eigenvalue weighted by molar-refractivity contribution is 6.12. The van der Waals surface area contributed by atoms with Gasteiger partial charge in [0.2, 0.25) is 0 Å². The summed E-state index contributed by atoms with van der Waals surface area (Å²) in [7, 11) is 0. The van der Waals surface area contributed by atoms with Crippen LogP contribution in [-0.4, -0.2) is 19.6 Å². The maximum atomic E-state index is 5.38. The van der Waals surface area contributed by atoms with Crippen molar-refractivity contribution in [3.8, 4) is 67.5 Å². The smallest absolute Gasteiger partial charge is 0.161 e. The van der Waals surface area contributed by atoms with Crippen LogP contribution in [0, 0.1) is 0 Å². The second-order valence-corrected chi connectivity index (χ2v) is 12.1. The Kier molecular flexibility index (Phi) is 7.10. The minimum Gasteiger partial charge on any atom is -0.231 e. The molecule has 0 amide bonds. The largest absolute Gasteiger partial charge is 0.231 e. The summed E-state index contributed by atoms with van der Waals surface area (Å²) in [5, 5.41) is 7.53. The quantitative estimate of drug-likeness (QED) is 0.184. The number of hydrogen-bond acceptors (Lipinski definition) is 3. The van der Waals surface area contributed by atoms with Gasteiger partial charge in [-0.25, -0.2) is 14.5 Å². The predicted octanol–water partition coefficient (Wildman–Crippen LogP) is 11.3. The number of nitrogens with zero attached hydrogens (tertiary/aromatic N) is 4. The standard InChI is InChI=1S/C45H30N4/c1-6-17-31(18-7-1)39-30-40(32-19-8-2-9-20-32)47-45(46-39)37-28-16-27-36-38(37)29-41(33-21-10-3-11-22-33)49-44(36)42(34-23-12-4-13-24-34)43(48-49)35-25-14-5-15-26-35/h1-30H. The average molecular weight is 627 g/mol. The Hall–Kier alpha value is -6.65. The van der Waals surface area contributed by atoms with Crippen LogP contribution in [0.3, 0.4) is 0 Å². The molecule has 0 radical (unpaired) electrons. The van der Waals surface area contributed by atoms with Gasteiger partial charge in [0.15, 0.2) is 5.82 Å². The van der Waals surface area contributed by atoms with Gasteiger partial charge in [-0.05, 0) is 23.1 Å². The lowest BCUT2D eigenvalue weighted by atomic mass is 9.95. The fraction of sp³-hybridized carbons (Fsp3) is 0. The van der Waals surface area contributed by atoms with Crippen molar-refractivity contribution in [2.24, 2.45) is 0 Å². The van der Waals surface area contributed by atoms with Gasteiger partial charge in [0.1, 0.15) is 5.69 Å². The minimum absolute atomic E-state index is 0.679. The zero-order chi connectivity index (χ0) is 32.6. The molecular weight excluding hydrogens is 597 g/mol. The van der Waals surface area contributed by atoms with Crippen molar-refractivity contribution in [1.29, 1.82) is 0 Å². The number of benzene rings is 6. The Morgan fingerprint density at radius 3 is 1.43 bits per heavy atom. The first-order chi connectivity index (χ1) is 24.3. The van der Waals surface area contributed by atoms with E-state index in [9.17, 15) is 0 Å². The van der Waals surface area contributed by atoms with Gasteiger partial charge in [0.25, 0.3) is 0 Å². The third-order valence-corrected chi connectivity index (χ3v) is 9.04. The van der Waals surface area contributed by atoms with E-state index in [-0.39, 0.29) is 0 Å². The molecule has 0 N–H and O–H groups in total. The van der Waals surface area contributed by atoms with Crippen molar-refractivity contribution in [3.05, 3.63) is 182 Å². The maximum absolute atomic E-state index is 5.38. The summed E-state index contributed by atoms with van der Waals surface area (Å²) in [5.74, 6) is 0.679. The molecule has 0 saturated carbocycles. The van der Waals surface area contributed by atoms with Crippen LogP contribution in [0.2, 0.25) is 0 Å². The molecule has 0 aliphatic heterocycles. The van der Waals surface area contributed by atoms with Crippen molar-refractivity contribution in [3.63, 3.8) is 0 Å². The highest BCUT2D eigenvalue weighted by Gasteiger charge is 2.23. The van der Waals surface area contributed by atoms with Crippen LogP contribution in [0.25, 0.3) is 83.8 Å². The summed E-state index contributed by atoms with van der Waals surface area (Å²) < 4.78 is 2.13. The summed E-state index contributed by atoms with van der Waals surface area (Å²) in [5.41, 5.74) is 12.2. The van der Waals surface area contributed by atoms with E-state index < -0.39 is 0 Å². The molecule has 0 fully saturated rings. The lowest BCUT2D eigenvalue weighted by Gasteiger charge is -2.14. The van der Waals surface area contributed by atoms with Gasteiger partial charge >= 0.3 is 0 Å². The van der Waals surface area contributed by atoms with Gasteiger partial charge < -0.3 is 0 Å². The molecule has 4 nitrogen and oxygen atoms in total. The Balaban J connectivity index is 1.40. The van der Waals surface area contributed by atoms with E-state index in [1.54, 1.807) is 0 Å². The van der Waals surface area contributed by atoms with Crippen LogP contribution in [-0.2, 0) is 0 Å². The zero-order valence-corrected chi connectivity index (χ0v) is 26.6. The molecule has 9 aromatic rings. The van der Waals surface area contributed by atoms with Crippen molar-refractivity contribution >= 4 is 16.3 Å². The van der Waals surface area contributed by atoms with Gasteiger partial charge in [-0.2, -0.15) is 5.10 Å². The fourth-order valence-corrected chi connectivity index (χ4v) is 6.73. The monoisotopic (exact) mass is 626 g/mol. The SMILES string of the molecule is c1ccc(-c2cc(-c3ccccc3)nc(-c3cccc4c3cc(-c3ccccc3)n3nc(-c5ccccc5)c(-c5ccccc5)c43)n2)cc1. The summed E-state index contributed by atoms with van der Waals surface area (Å²) in [6.45, 7) is 0. The molecular formula is C45H30N4. The van der Waals surface area contributed by atoms with E-state index in [1.165, 1.54) is 0 Å². The number of fused-ring (bicyclic) bond motifs is 3. The molecule has 3 heterocycles. The van der Waals surface area contributed by atoms with Gasteiger partial charge in [0, 0.05) is 38.8 Å². The molecule has 6 aromatic carbocycles. The normalized spacial score (nSPS) is 11.3. The molecule has 230 valence electrons. The van der Waals surface area contributed by atoms with Crippen LogP contribution in [0.4, 0.5) is 0 Å². The third kappa shape index (κ3) is 5.16. The molecule has 0 spiro atoms. The molecule has 3 aromatic heterocycles. The predicted molar refractivity (Wildman–Crippen MR) is 201 cm³/mol. The van der Waals surface area contributed by atoms with Gasteiger partial charge in [0.05, 0.1) is 22.6 Å². The van der Waals surface area contributed by atoms with Crippen molar-refractivity contribution in [2.45, 2.75) is 0 Å². The molecule has 0 atom stereocenters. The minimum atomic E-state index is 0.679. The molecule has 0 unspecified atom stereocenters. The van der Waals surface area contributed by atoms with E-state index in [0.717, 1.165) is 78.0 Å². The van der Waals surface area contributed by atoms with Crippen LogP contribution in [0.15, 0.2) is 182 Å². The Morgan fingerprint density at radius 2 is 0.878 bits per heavy atom. The van der Waals surface area contributed by atoms with E-state index in [4.69, 9.17) is 15.1 Å². The zero-order valence-electron chi connectivity index (χ0n) is 26.6. The van der Waals surface area contributed by atoms with Crippen molar-refractivity contribution < 1.29 is 0 Å². The number of hydrogen-bond donors (Lipinski definition) is 0. The van der Waals surface area contributed by atoms with Gasteiger partial charge in [-0.3, -0.25) is 0 Å². The first kappa shape index (κ1) is 28.6. The summed E-state index contributed by atoms with van der Waals surface area (Å²) in [6.07, 6.45) is 0. The van der Waals surface area contributed by atoms with Crippen LogP contribution in [0.1, 0.15) is 0 Å². The fourth-order valence-electron chi connectivity index (χ4n) is 6.73. The Labute approximate surface area is 284 Å². The van der Waals surface area contributed by atoms with E-state index >= 15 is 0 Å². The second kappa shape index (κ2) is 12.2. The Morgan fingerprint density at radius 1 is 0.388 bits per heavy atom. The first-order valence-electron chi connectivity index (χ1n) is 16.5. The van der Waals surface area contributed by atoms with Gasteiger partial charge in [-0.15, -0.1) is 0 Å². The van der Waals surface area contributed by atoms with Crippen molar-refractivity contribution in [1.82, 2.24) is 19.6 Å². The highest BCUT2D eigenvalue weighted by atomic mass is 15.2. The molecule has 0 aliphatic rings. The van der Waals surface area contributed by atoms with Crippen molar-refractivity contribution in [2.75, 3.05) is 0 Å². The molecule has 4 heteroatoms. The maximum Gasteiger partial charge on any atom is 0.161 e. The van der Waals surface area contributed by atoms with E-state index in [0.29, 0.717) is 5.82 Å². The van der Waals surface area contributed by atoms with E-state index in [1.807, 2.05) is 18.2 Å². The number of pyridine rings is 1. The average Bonchev–Trinajstić information content (AvgIpc) is 3.60. The molecule has 49 heavy (non-hydrogen) atoms. The molecule has 9 rings (SSSR count). The topological polar surface area (TPSA) is 43.1 Å². The number of aromatic nitrogens is 4. The highest BCUT2D eigenvalue weighted by Crippen LogP contribution is 2.43. The van der Waals surface area contributed by atoms with Crippen LogP contribution >= 0.6 is 0 Å². The van der Waals surface area contributed by atoms with E-state index in [2.05, 4.69) is 168 Å². The summed E-state index contributed by atoms with van der Waals surface area (Å²) in [4.78, 5) is 10.5. The number of rotatable bonds is 6. The lowest BCUT2D eigenvalue weighted by molar-refractivity contribution is 0.979. The Bertz CT molecular complexity index is 2500. The molecule has 0 saturated heterocycles.